The van der Waals surface area contributed by atoms with Crippen LogP contribution in [0.3, 0.4) is 0 Å². The van der Waals surface area contributed by atoms with Gasteiger partial charge in [-0.2, -0.15) is 0 Å². The maximum absolute atomic E-state index is 11.3. The zero-order valence-electron chi connectivity index (χ0n) is 13.2. The van der Waals surface area contributed by atoms with Gasteiger partial charge in [0.05, 0.1) is 13.5 Å². The smallest absolute Gasteiger partial charge is 0.337 e. The average molecular weight is 354 g/mol. The van der Waals surface area contributed by atoms with Crippen LogP contribution in [-0.4, -0.2) is 56.2 Å². The van der Waals surface area contributed by atoms with Crippen LogP contribution < -0.4 is 4.74 Å². The number of carbonyl (C=O) groups is 3. The van der Waals surface area contributed by atoms with E-state index in [9.17, 15) is 29.7 Å². The van der Waals surface area contributed by atoms with E-state index in [1.165, 1.54) is 37.5 Å². The lowest BCUT2D eigenvalue weighted by Gasteiger charge is -2.27. The van der Waals surface area contributed by atoms with Gasteiger partial charge in [-0.1, -0.05) is 18.2 Å². The molecule has 0 radical (unpaired) electrons. The van der Waals surface area contributed by atoms with E-state index in [0.29, 0.717) is 5.56 Å². The molecule has 0 heterocycles. The van der Waals surface area contributed by atoms with Crippen molar-refractivity contribution in [1.29, 1.82) is 0 Å². The van der Waals surface area contributed by atoms with Crippen molar-refractivity contribution in [2.24, 2.45) is 5.92 Å². The molecule has 0 aromatic heterocycles. The lowest BCUT2D eigenvalue weighted by Crippen LogP contribution is -2.50. The van der Waals surface area contributed by atoms with Crippen molar-refractivity contribution in [3.63, 3.8) is 0 Å². The minimum absolute atomic E-state index is 0.0928. The first-order valence-corrected chi connectivity index (χ1v) is 7.05. The van der Waals surface area contributed by atoms with Crippen molar-refractivity contribution in [3.05, 3.63) is 29.8 Å². The number of phenolic OH excluding ortho intramolecular Hbond substituents is 1. The predicted octanol–water partition coefficient (Wildman–Crippen LogP) is 0.795. The molecular weight excluding hydrogens is 336 g/mol. The van der Waals surface area contributed by atoms with Crippen LogP contribution in [0.15, 0.2) is 24.3 Å². The molecule has 0 aliphatic rings. The highest BCUT2D eigenvalue weighted by Crippen LogP contribution is 2.29. The average Bonchev–Trinajstić information content (AvgIpc) is 2.51. The van der Waals surface area contributed by atoms with Gasteiger partial charge in [-0.3, -0.25) is 9.59 Å². The first kappa shape index (κ1) is 20.0. The molecule has 9 heteroatoms. The Morgan fingerprint density at radius 1 is 1.24 bits per heavy atom. The Hall–Kier alpha value is -3.07. The minimum Gasteiger partial charge on any atom is -0.504 e. The van der Waals surface area contributed by atoms with Crippen molar-refractivity contribution in [3.8, 4) is 11.5 Å². The molecule has 0 spiro atoms. The van der Waals surface area contributed by atoms with Crippen molar-refractivity contribution >= 4 is 24.0 Å². The van der Waals surface area contributed by atoms with Gasteiger partial charge in [0.15, 0.2) is 17.1 Å². The molecular formula is C16H18O9. The molecule has 0 fully saturated rings. The second-order valence-electron chi connectivity index (χ2n) is 5.26. The summed E-state index contributed by atoms with van der Waals surface area (Å²) >= 11 is 0. The van der Waals surface area contributed by atoms with Crippen molar-refractivity contribution in [2.45, 2.75) is 18.4 Å². The third kappa shape index (κ3) is 4.95. The topological polar surface area (TPSA) is 162 Å². The summed E-state index contributed by atoms with van der Waals surface area (Å²) in [4.78, 5) is 33.3. The van der Waals surface area contributed by atoms with Crippen LogP contribution in [-0.2, 0) is 14.4 Å². The fraction of sp³-hybridized carbons (Fsp3) is 0.312. The number of hydrogen-bond donors (Lipinski definition) is 5. The van der Waals surface area contributed by atoms with Gasteiger partial charge in [0.1, 0.15) is 5.92 Å². The van der Waals surface area contributed by atoms with Gasteiger partial charge in [-0.05, 0) is 24.1 Å². The first-order valence-electron chi connectivity index (χ1n) is 7.05. The lowest BCUT2D eigenvalue weighted by molar-refractivity contribution is -0.178. The van der Waals surface area contributed by atoms with Gasteiger partial charge >= 0.3 is 17.9 Å². The summed E-state index contributed by atoms with van der Waals surface area (Å²) in [6.45, 7) is 0. The minimum atomic E-state index is -2.95. The summed E-state index contributed by atoms with van der Waals surface area (Å²) in [5.74, 6) is -6.98. The van der Waals surface area contributed by atoms with Gasteiger partial charge in [0.2, 0.25) is 0 Å². The van der Waals surface area contributed by atoms with Gasteiger partial charge in [-0.25, -0.2) is 4.79 Å². The molecule has 1 aromatic rings. The van der Waals surface area contributed by atoms with E-state index in [1.807, 2.05) is 0 Å². The number of rotatable bonds is 9. The second-order valence-corrected chi connectivity index (χ2v) is 5.26. The molecule has 136 valence electrons. The van der Waals surface area contributed by atoms with Crippen LogP contribution in [0, 0.1) is 5.92 Å². The quantitative estimate of drug-likeness (QED) is 0.431. The fourth-order valence-electron chi connectivity index (χ4n) is 2.22. The Labute approximate surface area is 142 Å². The van der Waals surface area contributed by atoms with Crippen LogP contribution in [0.1, 0.15) is 18.4 Å². The Morgan fingerprint density at radius 2 is 1.88 bits per heavy atom. The maximum Gasteiger partial charge on any atom is 0.337 e. The van der Waals surface area contributed by atoms with E-state index in [2.05, 4.69) is 0 Å². The molecule has 25 heavy (non-hydrogen) atoms. The second kappa shape index (κ2) is 8.15. The number of carboxylic acids is 3. The van der Waals surface area contributed by atoms with Crippen LogP contribution in [0.25, 0.3) is 6.08 Å². The molecule has 0 amide bonds. The molecule has 0 saturated carbocycles. The van der Waals surface area contributed by atoms with Crippen LogP contribution in [0.2, 0.25) is 0 Å². The largest absolute Gasteiger partial charge is 0.504 e. The van der Waals surface area contributed by atoms with E-state index in [4.69, 9.17) is 14.9 Å². The molecule has 9 nitrogen and oxygen atoms in total. The molecule has 1 rings (SSSR count). The number of aliphatic hydroxyl groups is 1. The third-order valence-electron chi connectivity index (χ3n) is 3.55. The van der Waals surface area contributed by atoms with Crippen LogP contribution >= 0.6 is 0 Å². The number of methoxy groups -OCH3 is 1. The van der Waals surface area contributed by atoms with Crippen molar-refractivity contribution in [1.82, 2.24) is 0 Å². The molecule has 0 saturated heterocycles. The zero-order chi connectivity index (χ0) is 19.2. The molecule has 5 N–H and O–H groups in total. The van der Waals surface area contributed by atoms with Gasteiger partial charge in [0.25, 0.3) is 0 Å². The summed E-state index contributed by atoms with van der Waals surface area (Å²) in [6.07, 6.45) is 1.05. The molecule has 1 aromatic carbocycles. The van der Waals surface area contributed by atoms with Crippen molar-refractivity contribution in [2.75, 3.05) is 7.11 Å². The number of allylic oxidation sites excluding steroid dienone is 1. The monoisotopic (exact) mass is 354 g/mol. The van der Waals surface area contributed by atoms with E-state index in [0.717, 1.165) is 0 Å². The number of benzene rings is 1. The highest BCUT2D eigenvalue weighted by Gasteiger charge is 2.49. The summed E-state index contributed by atoms with van der Waals surface area (Å²) in [7, 11) is 1.35. The third-order valence-corrected chi connectivity index (χ3v) is 3.55. The SMILES string of the molecule is COc1cc(C=CCC(C(=O)O)C(O)(CC(=O)O)C(=O)O)ccc1O. The normalized spacial score (nSPS) is 14.6. The summed E-state index contributed by atoms with van der Waals surface area (Å²) in [6, 6.07) is 4.32. The standard InChI is InChI=1S/C16H18O9/c1-25-12-7-9(5-6-11(12)17)3-2-4-10(14(20)21)16(24,15(22)23)8-13(18)19/h2-3,5-7,10,17,24H,4,8H2,1H3,(H,18,19)(H,20,21)(H,22,23). The Balaban J connectivity index is 3.03. The fourth-order valence-corrected chi connectivity index (χ4v) is 2.22. The molecule has 0 bridgehead atoms. The summed E-state index contributed by atoms with van der Waals surface area (Å²) in [5, 5.41) is 46.5. The number of aliphatic carboxylic acids is 3. The first-order chi connectivity index (χ1) is 11.6. The number of phenols is 1. The molecule has 0 aliphatic heterocycles. The summed E-state index contributed by atoms with van der Waals surface area (Å²) in [5.41, 5.74) is -2.43. The Kier molecular flexibility index (Phi) is 6.52. The Bertz CT molecular complexity index is 695. The van der Waals surface area contributed by atoms with E-state index in [1.54, 1.807) is 0 Å². The van der Waals surface area contributed by atoms with E-state index in [-0.39, 0.29) is 11.5 Å². The number of carboxylic acid groups (broad SMARTS) is 3. The van der Waals surface area contributed by atoms with Gasteiger partial charge < -0.3 is 30.3 Å². The lowest BCUT2D eigenvalue weighted by atomic mass is 9.82. The highest BCUT2D eigenvalue weighted by molar-refractivity contribution is 5.89. The van der Waals surface area contributed by atoms with Gasteiger partial charge in [-0.15, -0.1) is 0 Å². The van der Waals surface area contributed by atoms with Gasteiger partial charge in [0, 0.05) is 0 Å². The van der Waals surface area contributed by atoms with E-state index < -0.39 is 42.3 Å². The van der Waals surface area contributed by atoms with E-state index >= 15 is 0 Å². The van der Waals surface area contributed by atoms with Crippen molar-refractivity contribution < 1.29 is 44.7 Å². The highest BCUT2D eigenvalue weighted by atomic mass is 16.5. The van der Waals surface area contributed by atoms with Crippen LogP contribution in [0.4, 0.5) is 0 Å². The summed E-state index contributed by atoms with van der Waals surface area (Å²) < 4.78 is 4.92. The maximum atomic E-state index is 11.3. The molecule has 2 unspecified atom stereocenters. The number of aromatic hydroxyl groups is 1. The number of hydrogen-bond acceptors (Lipinski definition) is 6. The zero-order valence-corrected chi connectivity index (χ0v) is 13.2. The molecule has 2 atom stereocenters. The number of ether oxygens (including phenoxy) is 1. The van der Waals surface area contributed by atoms with Crippen LogP contribution in [0.5, 0.6) is 11.5 Å². The predicted molar refractivity (Wildman–Crippen MR) is 84.3 cm³/mol. The Morgan fingerprint density at radius 3 is 2.36 bits per heavy atom. The molecule has 0 aliphatic carbocycles.